The number of benzene rings is 2. The average Bonchev–Trinajstić information content (AvgIpc) is 3.57. The monoisotopic (exact) mass is 633 g/mol. The number of halogens is 3. The highest BCUT2D eigenvalue weighted by Gasteiger charge is 2.32. The third-order valence-corrected chi connectivity index (χ3v) is 8.37. The number of piperazine rings is 1. The second-order valence-corrected chi connectivity index (χ2v) is 12.4. The first kappa shape index (κ1) is 31.5. The van der Waals surface area contributed by atoms with Gasteiger partial charge in [-0.2, -0.15) is 13.2 Å². The number of carbonyl (C=O) groups is 1. The van der Waals surface area contributed by atoms with E-state index in [2.05, 4.69) is 49.2 Å². The minimum atomic E-state index is -4.56. The van der Waals surface area contributed by atoms with Crippen LogP contribution in [0.1, 0.15) is 48.2 Å². The number of nitrogens with one attached hydrogen (secondary N) is 2. The largest absolute Gasteiger partial charge is 0.416 e. The van der Waals surface area contributed by atoms with Crippen LogP contribution in [0.3, 0.4) is 0 Å². The summed E-state index contributed by atoms with van der Waals surface area (Å²) in [5.74, 6) is 1.07. The second kappa shape index (κ2) is 13.1. The van der Waals surface area contributed by atoms with Crippen LogP contribution >= 0.6 is 0 Å². The molecule has 0 radical (unpaired) electrons. The van der Waals surface area contributed by atoms with E-state index in [1.165, 1.54) is 6.33 Å². The number of aryl methyl sites for hydroxylation is 1. The summed E-state index contributed by atoms with van der Waals surface area (Å²) < 4.78 is 41.8. The fraction of sp³-hybridized carbons (Fsp3) is 0.424. The predicted octanol–water partition coefficient (Wildman–Crippen LogP) is 6.12. The van der Waals surface area contributed by atoms with Gasteiger partial charge in [0, 0.05) is 68.4 Å². The summed E-state index contributed by atoms with van der Waals surface area (Å²) in [6.07, 6.45) is 0.708. The highest BCUT2D eigenvalue weighted by atomic mass is 19.4. The molecule has 2 aliphatic heterocycles. The molecule has 4 heterocycles. The lowest BCUT2D eigenvalue weighted by Gasteiger charge is -2.37. The summed E-state index contributed by atoms with van der Waals surface area (Å²) in [6.45, 7) is 11.7. The molecule has 2 aliphatic rings. The Morgan fingerprint density at radius 3 is 2.41 bits per heavy atom. The van der Waals surface area contributed by atoms with Crippen molar-refractivity contribution in [2.45, 2.75) is 39.8 Å². The van der Waals surface area contributed by atoms with E-state index < -0.39 is 17.6 Å². The molecule has 4 aromatic rings. The summed E-state index contributed by atoms with van der Waals surface area (Å²) in [6, 6.07) is 8.83. The minimum Gasteiger partial charge on any atom is -0.369 e. The lowest BCUT2D eigenvalue weighted by Crippen LogP contribution is -2.47. The highest BCUT2D eigenvalue weighted by molar-refractivity contribution is 6.05. The van der Waals surface area contributed by atoms with E-state index in [4.69, 9.17) is 4.98 Å². The molecule has 2 N–H and O–H groups in total. The van der Waals surface area contributed by atoms with Crippen LogP contribution in [0, 0.1) is 12.8 Å². The molecule has 2 saturated heterocycles. The van der Waals surface area contributed by atoms with Gasteiger partial charge in [-0.05, 0) is 61.6 Å². The fourth-order valence-electron chi connectivity index (χ4n) is 5.97. The Morgan fingerprint density at radius 2 is 1.70 bits per heavy atom. The van der Waals surface area contributed by atoms with Crippen molar-refractivity contribution in [2.75, 3.05) is 66.2 Å². The zero-order valence-electron chi connectivity index (χ0n) is 26.2. The Bertz CT molecular complexity index is 1710. The van der Waals surface area contributed by atoms with Crippen LogP contribution in [0.5, 0.6) is 0 Å². The number of amides is 1. The Kier molecular flexibility index (Phi) is 8.94. The molecular formula is C33H38F3N9O. The summed E-state index contributed by atoms with van der Waals surface area (Å²) >= 11 is 0. The van der Waals surface area contributed by atoms with Gasteiger partial charge in [-0.15, -0.1) is 0 Å². The number of nitrogens with zero attached hydrogens (tertiary/aromatic N) is 7. The van der Waals surface area contributed by atoms with Crippen LogP contribution in [-0.4, -0.2) is 76.6 Å². The van der Waals surface area contributed by atoms with Gasteiger partial charge >= 0.3 is 6.18 Å². The normalized spacial score (nSPS) is 16.0. The Balaban J connectivity index is 1.23. The van der Waals surface area contributed by atoms with E-state index in [1.54, 1.807) is 30.5 Å². The van der Waals surface area contributed by atoms with E-state index in [1.807, 2.05) is 11.8 Å². The van der Waals surface area contributed by atoms with Gasteiger partial charge in [-0.25, -0.2) is 19.9 Å². The Morgan fingerprint density at radius 1 is 0.935 bits per heavy atom. The maximum absolute atomic E-state index is 13.9. The topological polar surface area (TPSA) is 102 Å². The van der Waals surface area contributed by atoms with E-state index in [0.29, 0.717) is 53.2 Å². The van der Waals surface area contributed by atoms with Crippen LogP contribution in [0.15, 0.2) is 48.9 Å². The molecule has 0 unspecified atom stereocenters. The molecule has 2 aromatic heterocycles. The fourth-order valence-corrected chi connectivity index (χ4v) is 5.97. The van der Waals surface area contributed by atoms with Crippen molar-refractivity contribution in [2.24, 2.45) is 5.92 Å². The smallest absolute Gasteiger partial charge is 0.369 e. The first-order valence-corrected chi connectivity index (χ1v) is 15.6. The Labute approximate surface area is 266 Å². The van der Waals surface area contributed by atoms with E-state index >= 15 is 0 Å². The number of rotatable bonds is 8. The maximum atomic E-state index is 13.9. The number of carbonyl (C=O) groups excluding carboxylic acids is 1. The molecule has 0 bridgehead atoms. The van der Waals surface area contributed by atoms with E-state index in [9.17, 15) is 18.0 Å². The standard InChI is InChI=1S/C33H38F3N9O/c1-21(2)19-43-10-12-44(13-11-43)26-16-24(33(34,35)36)15-25(17-26)40-31(46)23-7-6-22(3)27(14-23)41-30-29-28(38-20-39-30)18-37-32(42-29)45-8-4-5-9-45/h6-7,14-18,20-21H,4-5,8-13,19H2,1-3H3,(H,40,46)(H,38,39,41). The lowest BCUT2D eigenvalue weighted by molar-refractivity contribution is -0.137. The van der Waals surface area contributed by atoms with Gasteiger partial charge < -0.3 is 20.4 Å². The summed E-state index contributed by atoms with van der Waals surface area (Å²) in [4.78, 5) is 37.8. The second-order valence-electron chi connectivity index (χ2n) is 12.4. The van der Waals surface area contributed by atoms with Gasteiger partial charge in [-0.1, -0.05) is 19.9 Å². The third kappa shape index (κ3) is 7.14. The molecule has 6 rings (SSSR count). The van der Waals surface area contributed by atoms with Gasteiger partial charge in [0.05, 0.1) is 11.8 Å². The molecular weight excluding hydrogens is 595 g/mol. The Hall–Kier alpha value is -4.52. The van der Waals surface area contributed by atoms with E-state index in [-0.39, 0.29) is 11.3 Å². The number of fused-ring (bicyclic) bond motifs is 1. The number of alkyl halides is 3. The van der Waals surface area contributed by atoms with Gasteiger partial charge in [0.1, 0.15) is 17.4 Å². The van der Waals surface area contributed by atoms with Crippen molar-refractivity contribution in [1.82, 2.24) is 24.8 Å². The van der Waals surface area contributed by atoms with Gasteiger partial charge in [-0.3, -0.25) is 9.69 Å². The summed E-state index contributed by atoms with van der Waals surface area (Å²) in [5.41, 5.74) is 2.58. The van der Waals surface area contributed by atoms with Gasteiger partial charge in [0.2, 0.25) is 5.95 Å². The zero-order valence-corrected chi connectivity index (χ0v) is 26.2. The first-order valence-electron chi connectivity index (χ1n) is 15.6. The first-order chi connectivity index (χ1) is 22.0. The SMILES string of the molecule is Cc1ccc(C(=O)Nc2cc(N3CCN(CC(C)C)CC3)cc(C(F)(F)F)c2)cc1Nc1ncnc2cnc(N3CCCC3)nc12. The highest BCUT2D eigenvalue weighted by Crippen LogP contribution is 2.35. The summed E-state index contributed by atoms with van der Waals surface area (Å²) in [7, 11) is 0. The average molecular weight is 634 g/mol. The van der Waals surface area contributed by atoms with Crippen LogP contribution < -0.4 is 20.4 Å². The van der Waals surface area contributed by atoms with Crippen molar-refractivity contribution >= 4 is 45.8 Å². The number of anilines is 5. The molecule has 10 nitrogen and oxygen atoms in total. The van der Waals surface area contributed by atoms with Crippen molar-refractivity contribution < 1.29 is 18.0 Å². The molecule has 2 fully saturated rings. The quantitative estimate of drug-likeness (QED) is 0.238. The third-order valence-electron chi connectivity index (χ3n) is 8.37. The molecule has 242 valence electrons. The van der Waals surface area contributed by atoms with Gasteiger partial charge in [0.15, 0.2) is 5.82 Å². The molecule has 46 heavy (non-hydrogen) atoms. The van der Waals surface area contributed by atoms with E-state index in [0.717, 1.165) is 63.3 Å². The van der Waals surface area contributed by atoms with Crippen molar-refractivity contribution in [3.8, 4) is 0 Å². The molecule has 0 spiro atoms. The lowest BCUT2D eigenvalue weighted by atomic mass is 10.1. The van der Waals surface area contributed by atoms with Crippen LogP contribution in [0.25, 0.3) is 11.0 Å². The predicted molar refractivity (Wildman–Crippen MR) is 174 cm³/mol. The molecule has 0 aliphatic carbocycles. The number of aromatic nitrogens is 4. The molecule has 0 atom stereocenters. The zero-order chi connectivity index (χ0) is 32.4. The van der Waals surface area contributed by atoms with Crippen molar-refractivity contribution in [3.63, 3.8) is 0 Å². The number of hydrogen-bond acceptors (Lipinski definition) is 9. The maximum Gasteiger partial charge on any atom is 0.416 e. The molecule has 1 amide bonds. The van der Waals surface area contributed by atoms with Crippen LogP contribution in [0.2, 0.25) is 0 Å². The summed E-state index contributed by atoms with van der Waals surface area (Å²) in [5, 5.41) is 6.00. The molecule has 2 aromatic carbocycles. The minimum absolute atomic E-state index is 0.0856. The van der Waals surface area contributed by atoms with Crippen molar-refractivity contribution in [3.05, 3.63) is 65.6 Å². The van der Waals surface area contributed by atoms with Crippen LogP contribution in [0.4, 0.5) is 42.0 Å². The van der Waals surface area contributed by atoms with Crippen LogP contribution in [-0.2, 0) is 6.18 Å². The molecule has 0 saturated carbocycles. The number of hydrogen-bond donors (Lipinski definition) is 2. The molecule has 13 heteroatoms. The van der Waals surface area contributed by atoms with Gasteiger partial charge in [0.25, 0.3) is 5.91 Å². The van der Waals surface area contributed by atoms with Crippen molar-refractivity contribution in [1.29, 1.82) is 0 Å².